The fourth-order valence-corrected chi connectivity index (χ4v) is 2.32. The number of rotatable bonds is 15. The Morgan fingerprint density at radius 1 is 0.955 bits per heavy atom. The van der Waals surface area contributed by atoms with Crippen LogP contribution in [0.4, 0.5) is 0 Å². The van der Waals surface area contributed by atoms with Crippen molar-refractivity contribution in [1.82, 2.24) is 0 Å². The molecule has 3 heteroatoms. The average molecular weight is 309 g/mol. The first kappa shape index (κ1) is 19.1. The van der Waals surface area contributed by atoms with Crippen LogP contribution in [0, 0.1) is 6.92 Å². The van der Waals surface area contributed by atoms with E-state index < -0.39 is 0 Å². The molecule has 1 aromatic heterocycles. The van der Waals surface area contributed by atoms with Crippen molar-refractivity contribution in [1.29, 1.82) is 0 Å². The molecule has 0 fully saturated rings. The Balaban J connectivity index is 1.97. The molecule has 3 nitrogen and oxygen atoms in total. The van der Waals surface area contributed by atoms with E-state index in [2.05, 4.69) is 13.8 Å². The summed E-state index contributed by atoms with van der Waals surface area (Å²) in [6, 6.07) is 1.93. The van der Waals surface area contributed by atoms with Gasteiger partial charge in [-0.1, -0.05) is 39.5 Å². The van der Waals surface area contributed by atoms with Gasteiger partial charge < -0.3 is 13.9 Å². The second-order valence-corrected chi connectivity index (χ2v) is 5.75. The van der Waals surface area contributed by atoms with Crippen molar-refractivity contribution in [3.63, 3.8) is 0 Å². The van der Waals surface area contributed by atoms with Gasteiger partial charge in [0.05, 0.1) is 12.9 Å². The molecule has 0 saturated carbocycles. The summed E-state index contributed by atoms with van der Waals surface area (Å²) >= 11 is 0. The predicted molar refractivity (Wildman–Crippen MR) is 91.3 cm³/mol. The molecule has 0 unspecified atom stereocenters. The van der Waals surface area contributed by atoms with Crippen LogP contribution in [0.15, 0.2) is 16.7 Å². The number of furan rings is 1. The van der Waals surface area contributed by atoms with Crippen molar-refractivity contribution in [2.24, 2.45) is 0 Å². The largest absolute Gasteiger partial charge is 0.490 e. The van der Waals surface area contributed by atoms with Gasteiger partial charge in [0.1, 0.15) is 5.76 Å². The normalized spacial score (nSPS) is 11.0. The van der Waals surface area contributed by atoms with E-state index in [1.807, 2.05) is 6.07 Å². The van der Waals surface area contributed by atoms with Crippen LogP contribution in [0.1, 0.15) is 70.5 Å². The molecule has 1 aromatic rings. The second kappa shape index (κ2) is 13.7. The fraction of sp³-hybridized carbons (Fsp3) is 0.737. The molecule has 0 atom stereocenters. The molecule has 1 heterocycles. The maximum Gasteiger partial charge on any atom is 0.160 e. The van der Waals surface area contributed by atoms with E-state index in [0.717, 1.165) is 76.3 Å². The molecule has 0 amide bonds. The summed E-state index contributed by atoms with van der Waals surface area (Å²) in [7, 11) is 0. The first-order valence-electron chi connectivity index (χ1n) is 8.94. The molecule has 0 spiro atoms. The van der Waals surface area contributed by atoms with Gasteiger partial charge in [0.15, 0.2) is 5.75 Å². The zero-order valence-corrected chi connectivity index (χ0v) is 14.3. The van der Waals surface area contributed by atoms with Gasteiger partial charge >= 0.3 is 0 Å². The molecule has 0 saturated heterocycles. The van der Waals surface area contributed by atoms with Crippen molar-refractivity contribution in [3.8, 4) is 5.75 Å². The summed E-state index contributed by atoms with van der Waals surface area (Å²) in [5.74, 6) is 1.90. The SMILES string of the molecule is [CH2]CCCCc1occc1OCCCCCOCCCCC. The second-order valence-electron chi connectivity index (χ2n) is 5.75. The van der Waals surface area contributed by atoms with Crippen LogP contribution in [0.2, 0.25) is 0 Å². The van der Waals surface area contributed by atoms with E-state index in [1.54, 1.807) is 6.26 Å². The van der Waals surface area contributed by atoms with Crippen LogP contribution in [0.25, 0.3) is 0 Å². The Hall–Kier alpha value is -0.960. The molecule has 0 bridgehead atoms. The highest BCUT2D eigenvalue weighted by Gasteiger charge is 2.06. The Morgan fingerprint density at radius 2 is 1.73 bits per heavy atom. The Morgan fingerprint density at radius 3 is 2.50 bits per heavy atom. The van der Waals surface area contributed by atoms with Gasteiger partial charge in [-0.25, -0.2) is 0 Å². The molecule has 0 aliphatic heterocycles. The summed E-state index contributed by atoms with van der Waals surface area (Å²) in [5, 5.41) is 0. The van der Waals surface area contributed by atoms with Crippen molar-refractivity contribution < 1.29 is 13.9 Å². The molecule has 0 aromatic carbocycles. The molecule has 0 aliphatic rings. The first-order chi connectivity index (χ1) is 10.9. The fourth-order valence-electron chi connectivity index (χ4n) is 2.32. The molecular weight excluding hydrogens is 276 g/mol. The summed E-state index contributed by atoms with van der Waals surface area (Å²) in [5.41, 5.74) is 0. The molecule has 1 rings (SSSR count). The van der Waals surface area contributed by atoms with Gasteiger partial charge in [0, 0.05) is 25.7 Å². The van der Waals surface area contributed by atoms with Crippen molar-refractivity contribution in [2.75, 3.05) is 19.8 Å². The van der Waals surface area contributed by atoms with Gasteiger partial charge in [0.2, 0.25) is 0 Å². The van der Waals surface area contributed by atoms with Crippen LogP contribution in [-0.4, -0.2) is 19.8 Å². The maximum absolute atomic E-state index is 5.82. The van der Waals surface area contributed by atoms with Crippen LogP contribution >= 0.6 is 0 Å². The van der Waals surface area contributed by atoms with Gasteiger partial charge in [-0.15, -0.1) is 0 Å². The Bertz CT molecular complexity index is 346. The lowest BCUT2D eigenvalue weighted by Gasteiger charge is -2.07. The van der Waals surface area contributed by atoms with Crippen LogP contribution < -0.4 is 4.74 Å². The van der Waals surface area contributed by atoms with E-state index in [1.165, 1.54) is 19.3 Å². The third-order valence-electron chi connectivity index (χ3n) is 3.69. The lowest BCUT2D eigenvalue weighted by Crippen LogP contribution is -2.01. The summed E-state index contributed by atoms with van der Waals surface area (Å²) in [4.78, 5) is 0. The van der Waals surface area contributed by atoms with Gasteiger partial charge in [-0.2, -0.15) is 0 Å². The zero-order valence-electron chi connectivity index (χ0n) is 14.3. The number of ether oxygens (including phenoxy) is 2. The Labute approximate surface area is 136 Å². The minimum atomic E-state index is 0.762. The smallest absolute Gasteiger partial charge is 0.160 e. The van der Waals surface area contributed by atoms with Crippen molar-refractivity contribution in [3.05, 3.63) is 25.0 Å². The third-order valence-corrected chi connectivity index (χ3v) is 3.69. The van der Waals surface area contributed by atoms with E-state index in [9.17, 15) is 0 Å². The molecule has 0 aliphatic carbocycles. The number of aryl methyl sites for hydroxylation is 1. The molecule has 0 N–H and O–H groups in total. The minimum absolute atomic E-state index is 0.762. The lowest BCUT2D eigenvalue weighted by atomic mass is 10.1. The highest BCUT2D eigenvalue weighted by molar-refractivity contribution is 5.24. The van der Waals surface area contributed by atoms with Gasteiger partial charge in [-0.3, -0.25) is 0 Å². The van der Waals surface area contributed by atoms with Crippen molar-refractivity contribution >= 4 is 0 Å². The van der Waals surface area contributed by atoms with E-state index in [0.29, 0.717) is 0 Å². The average Bonchev–Trinajstić information content (AvgIpc) is 2.97. The van der Waals surface area contributed by atoms with E-state index in [-0.39, 0.29) is 0 Å². The molecule has 22 heavy (non-hydrogen) atoms. The summed E-state index contributed by atoms with van der Waals surface area (Å²) in [6.45, 7) is 8.63. The summed E-state index contributed by atoms with van der Waals surface area (Å²) in [6.07, 6.45) is 13.0. The van der Waals surface area contributed by atoms with Gasteiger partial charge in [0.25, 0.3) is 0 Å². The van der Waals surface area contributed by atoms with Crippen LogP contribution in [0.5, 0.6) is 5.75 Å². The quantitative estimate of drug-likeness (QED) is 0.396. The monoisotopic (exact) mass is 309 g/mol. The predicted octanol–water partition coefficient (Wildman–Crippen LogP) is 5.58. The number of unbranched alkanes of at least 4 members (excludes halogenated alkanes) is 6. The van der Waals surface area contributed by atoms with Crippen LogP contribution in [-0.2, 0) is 11.2 Å². The minimum Gasteiger partial charge on any atom is -0.490 e. The highest BCUT2D eigenvalue weighted by atomic mass is 16.5. The summed E-state index contributed by atoms with van der Waals surface area (Å²) < 4.78 is 16.9. The molecule has 1 radical (unpaired) electrons. The highest BCUT2D eigenvalue weighted by Crippen LogP contribution is 2.22. The maximum atomic E-state index is 5.82. The van der Waals surface area contributed by atoms with E-state index in [4.69, 9.17) is 13.9 Å². The molecular formula is C19H33O3. The van der Waals surface area contributed by atoms with E-state index >= 15 is 0 Å². The van der Waals surface area contributed by atoms with Crippen molar-refractivity contribution in [2.45, 2.75) is 71.1 Å². The first-order valence-corrected chi connectivity index (χ1v) is 8.94. The van der Waals surface area contributed by atoms with Gasteiger partial charge in [-0.05, 0) is 32.1 Å². The lowest BCUT2D eigenvalue weighted by molar-refractivity contribution is 0.125. The Kier molecular flexibility index (Phi) is 11.9. The number of hydrogen-bond acceptors (Lipinski definition) is 3. The number of hydrogen-bond donors (Lipinski definition) is 0. The standard InChI is InChI=1S/C19H33O3/c1-3-5-8-12-18-19(13-17-22-18)21-16-11-7-10-15-20-14-9-6-4-2/h13,17H,1,3-12,14-16H2,2H3. The topological polar surface area (TPSA) is 31.6 Å². The van der Waals surface area contributed by atoms with Crippen LogP contribution in [0.3, 0.4) is 0 Å². The zero-order chi connectivity index (χ0) is 15.9. The third kappa shape index (κ3) is 9.14. The molecule has 127 valence electrons.